The lowest BCUT2D eigenvalue weighted by Gasteiger charge is -2.17. The van der Waals surface area contributed by atoms with Gasteiger partial charge >= 0.3 is 0 Å². The first-order chi connectivity index (χ1) is 8.08. The van der Waals surface area contributed by atoms with Crippen LogP contribution >= 0.6 is 15.9 Å². The van der Waals surface area contributed by atoms with E-state index < -0.39 is 0 Å². The van der Waals surface area contributed by atoms with Gasteiger partial charge in [-0.15, -0.1) is 0 Å². The molecule has 0 aromatic heterocycles. The van der Waals surface area contributed by atoms with Gasteiger partial charge in [-0.25, -0.2) is 0 Å². The summed E-state index contributed by atoms with van der Waals surface area (Å²) in [5.74, 6) is 1.55. The van der Waals surface area contributed by atoms with E-state index in [1.807, 2.05) is 6.07 Å². The Morgan fingerprint density at radius 3 is 2.71 bits per heavy atom. The SMILES string of the molecule is CCCC(C)COc1c(C)cc(Br)cc1CN. The Balaban J connectivity index is 2.76. The zero-order chi connectivity index (χ0) is 12.8. The lowest BCUT2D eigenvalue weighted by Crippen LogP contribution is -2.11. The molecule has 0 fully saturated rings. The van der Waals surface area contributed by atoms with Crippen molar-refractivity contribution in [2.45, 2.75) is 40.2 Å². The van der Waals surface area contributed by atoms with Gasteiger partial charge in [-0.05, 0) is 37.0 Å². The third-order valence-electron chi connectivity index (χ3n) is 2.83. The van der Waals surface area contributed by atoms with E-state index in [4.69, 9.17) is 10.5 Å². The van der Waals surface area contributed by atoms with Crippen LogP contribution in [0.1, 0.15) is 37.8 Å². The molecule has 1 rings (SSSR count). The first kappa shape index (κ1) is 14.5. The van der Waals surface area contributed by atoms with E-state index >= 15 is 0 Å². The summed E-state index contributed by atoms with van der Waals surface area (Å²) in [4.78, 5) is 0. The summed E-state index contributed by atoms with van der Waals surface area (Å²) >= 11 is 3.48. The van der Waals surface area contributed by atoms with Crippen molar-refractivity contribution in [3.05, 3.63) is 27.7 Å². The predicted molar refractivity (Wildman–Crippen MR) is 76.3 cm³/mol. The smallest absolute Gasteiger partial charge is 0.126 e. The zero-order valence-electron chi connectivity index (χ0n) is 10.9. The molecule has 0 aliphatic heterocycles. The fourth-order valence-corrected chi connectivity index (χ4v) is 2.58. The first-order valence-corrected chi connectivity index (χ1v) is 6.99. The van der Waals surface area contributed by atoms with Crippen molar-refractivity contribution in [1.29, 1.82) is 0 Å². The fourth-order valence-electron chi connectivity index (χ4n) is 1.96. The Bertz CT molecular complexity index is 365. The molecule has 0 spiro atoms. The molecule has 3 heteroatoms. The molecule has 0 aliphatic rings. The maximum absolute atomic E-state index is 5.93. The van der Waals surface area contributed by atoms with Crippen LogP contribution in [-0.4, -0.2) is 6.61 Å². The highest BCUT2D eigenvalue weighted by Gasteiger charge is 2.09. The minimum absolute atomic E-state index is 0.512. The monoisotopic (exact) mass is 299 g/mol. The second kappa shape index (κ2) is 7.02. The summed E-state index contributed by atoms with van der Waals surface area (Å²) in [5, 5.41) is 0. The predicted octanol–water partition coefficient (Wildman–Crippen LogP) is 4.03. The van der Waals surface area contributed by atoms with E-state index in [1.165, 1.54) is 12.8 Å². The van der Waals surface area contributed by atoms with Gasteiger partial charge in [0.15, 0.2) is 0 Å². The molecule has 1 aromatic rings. The molecule has 1 unspecified atom stereocenters. The highest BCUT2D eigenvalue weighted by atomic mass is 79.9. The van der Waals surface area contributed by atoms with Crippen molar-refractivity contribution in [2.24, 2.45) is 11.7 Å². The normalized spacial score (nSPS) is 12.5. The molecule has 0 aliphatic carbocycles. The summed E-state index contributed by atoms with van der Waals surface area (Å²) in [6.45, 7) is 7.76. The van der Waals surface area contributed by atoms with E-state index in [-0.39, 0.29) is 0 Å². The number of benzene rings is 1. The number of aryl methyl sites for hydroxylation is 1. The molecule has 0 radical (unpaired) electrons. The number of ether oxygens (including phenoxy) is 1. The average Bonchev–Trinajstić information content (AvgIpc) is 2.27. The van der Waals surface area contributed by atoms with Gasteiger partial charge < -0.3 is 10.5 Å². The lowest BCUT2D eigenvalue weighted by molar-refractivity contribution is 0.248. The Morgan fingerprint density at radius 1 is 1.41 bits per heavy atom. The van der Waals surface area contributed by atoms with Gasteiger partial charge in [-0.3, -0.25) is 0 Å². The van der Waals surface area contributed by atoms with Crippen LogP contribution < -0.4 is 10.5 Å². The molecule has 1 atom stereocenters. The summed E-state index contributed by atoms with van der Waals surface area (Å²) in [6.07, 6.45) is 2.40. The molecular formula is C14H22BrNO. The van der Waals surface area contributed by atoms with Crippen LogP contribution in [0.5, 0.6) is 5.75 Å². The van der Waals surface area contributed by atoms with Crippen molar-refractivity contribution in [3.63, 3.8) is 0 Å². The largest absolute Gasteiger partial charge is 0.493 e. The Hall–Kier alpha value is -0.540. The standard InChI is InChI=1S/C14H22BrNO/c1-4-5-10(2)9-17-14-11(3)6-13(15)7-12(14)8-16/h6-7,10H,4-5,8-9,16H2,1-3H3. The summed E-state index contributed by atoms with van der Waals surface area (Å²) in [5.41, 5.74) is 7.96. The maximum atomic E-state index is 5.93. The van der Waals surface area contributed by atoms with Crippen LogP contribution in [0.3, 0.4) is 0 Å². The van der Waals surface area contributed by atoms with E-state index in [0.29, 0.717) is 12.5 Å². The summed E-state index contributed by atoms with van der Waals surface area (Å²) in [7, 11) is 0. The summed E-state index contributed by atoms with van der Waals surface area (Å²) < 4.78 is 6.99. The van der Waals surface area contributed by atoms with E-state index in [2.05, 4.69) is 42.8 Å². The molecule has 0 saturated heterocycles. The maximum Gasteiger partial charge on any atom is 0.126 e. The molecule has 0 amide bonds. The van der Waals surface area contributed by atoms with Gasteiger partial charge in [-0.2, -0.15) is 0 Å². The molecule has 0 saturated carbocycles. The Labute approximate surface area is 113 Å². The molecule has 2 N–H and O–H groups in total. The minimum Gasteiger partial charge on any atom is -0.493 e. The Morgan fingerprint density at radius 2 is 2.12 bits per heavy atom. The van der Waals surface area contributed by atoms with Gasteiger partial charge in [-0.1, -0.05) is 36.2 Å². The molecular weight excluding hydrogens is 278 g/mol. The van der Waals surface area contributed by atoms with Crippen LogP contribution in [0.4, 0.5) is 0 Å². The first-order valence-electron chi connectivity index (χ1n) is 6.20. The van der Waals surface area contributed by atoms with Crippen LogP contribution in [0.15, 0.2) is 16.6 Å². The number of rotatable bonds is 6. The quantitative estimate of drug-likeness (QED) is 0.861. The van der Waals surface area contributed by atoms with Crippen LogP contribution in [0.2, 0.25) is 0 Å². The number of hydrogen-bond donors (Lipinski definition) is 1. The van der Waals surface area contributed by atoms with Gasteiger partial charge in [0.1, 0.15) is 5.75 Å². The van der Waals surface area contributed by atoms with Crippen LogP contribution in [0.25, 0.3) is 0 Å². The minimum atomic E-state index is 0.512. The second-order valence-corrected chi connectivity index (χ2v) is 5.54. The third kappa shape index (κ3) is 4.32. The average molecular weight is 300 g/mol. The van der Waals surface area contributed by atoms with Crippen molar-refractivity contribution in [2.75, 3.05) is 6.61 Å². The van der Waals surface area contributed by atoms with Gasteiger partial charge in [0.05, 0.1) is 6.61 Å². The molecule has 17 heavy (non-hydrogen) atoms. The number of nitrogens with two attached hydrogens (primary N) is 1. The van der Waals surface area contributed by atoms with E-state index in [9.17, 15) is 0 Å². The van der Waals surface area contributed by atoms with Crippen molar-refractivity contribution in [3.8, 4) is 5.75 Å². The third-order valence-corrected chi connectivity index (χ3v) is 3.29. The van der Waals surface area contributed by atoms with E-state index in [0.717, 1.165) is 28.0 Å². The van der Waals surface area contributed by atoms with Crippen molar-refractivity contribution >= 4 is 15.9 Å². The van der Waals surface area contributed by atoms with Gasteiger partial charge in [0.25, 0.3) is 0 Å². The van der Waals surface area contributed by atoms with Crippen molar-refractivity contribution < 1.29 is 4.74 Å². The second-order valence-electron chi connectivity index (χ2n) is 4.62. The van der Waals surface area contributed by atoms with E-state index in [1.54, 1.807) is 0 Å². The van der Waals surface area contributed by atoms with Gasteiger partial charge in [0.2, 0.25) is 0 Å². The lowest BCUT2D eigenvalue weighted by atomic mass is 10.1. The Kier molecular flexibility index (Phi) is 6.00. The highest BCUT2D eigenvalue weighted by Crippen LogP contribution is 2.28. The fraction of sp³-hybridized carbons (Fsp3) is 0.571. The molecule has 1 aromatic carbocycles. The molecule has 0 heterocycles. The molecule has 2 nitrogen and oxygen atoms in total. The highest BCUT2D eigenvalue weighted by molar-refractivity contribution is 9.10. The molecule has 96 valence electrons. The van der Waals surface area contributed by atoms with Crippen LogP contribution in [-0.2, 0) is 6.54 Å². The topological polar surface area (TPSA) is 35.2 Å². The number of halogens is 1. The van der Waals surface area contributed by atoms with Crippen LogP contribution in [0, 0.1) is 12.8 Å². The molecule has 0 bridgehead atoms. The summed E-state index contributed by atoms with van der Waals surface area (Å²) in [6, 6.07) is 4.10. The number of hydrogen-bond acceptors (Lipinski definition) is 2. The van der Waals surface area contributed by atoms with Gasteiger partial charge in [0, 0.05) is 16.6 Å². The van der Waals surface area contributed by atoms with Crippen molar-refractivity contribution in [1.82, 2.24) is 0 Å². The zero-order valence-corrected chi connectivity index (χ0v) is 12.5.